The maximum absolute atomic E-state index is 5.89. The number of rotatable bonds is 4. The van der Waals surface area contributed by atoms with E-state index in [1.807, 2.05) is 12.1 Å². The van der Waals surface area contributed by atoms with Gasteiger partial charge in [0.2, 0.25) is 0 Å². The molecule has 1 fully saturated rings. The van der Waals surface area contributed by atoms with Gasteiger partial charge in [0.05, 0.1) is 52.9 Å². The predicted octanol–water partition coefficient (Wildman–Crippen LogP) is 3.63. The fourth-order valence-corrected chi connectivity index (χ4v) is 3.79. The smallest absolute Gasteiger partial charge is 0.0701 e. The van der Waals surface area contributed by atoms with Gasteiger partial charge in [-0.25, -0.2) is 0 Å². The van der Waals surface area contributed by atoms with Crippen LogP contribution in [0.2, 0.25) is 0 Å². The molecule has 0 bridgehead atoms. The normalized spacial score (nSPS) is 19.7. The molecule has 0 saturated carbocycles. The summed E-state index contributed by atoms with van der Waals surface area (Å²) in [5.41, 5.74) is 3.55. The maximum Gasteiger partial charge on any atom is 0.0701 e. The Morgan fingerprint density at radius 2 is 0.912 bits per heavy atom. The van der Waals surface area contributed by atoms with Gasteiger partial charge in [0.15, 0.2) is 0 Å². The first kappa shape index (κ1) is 26.5. The SMILES string of the molecule is C=C1COCCN(Cc2ccccc2)CCOCCOCCN(Cc2ccccc2)CCOC1. The van der Waals surface area contributed by atoms with Crippen LogP contribution in [0, 0.1) is 0 Å². The van der Waals surface area contributed by atoms with Crippen molar-refractivity contribution in [1.82, 2.24) is 9.80 Å². The second-order valence-electron chi connectivity index (χ2n) is 8.60. The number of benzene rings is 2. The Kier molecular flexibility index (Phi) is 12.9. The van der Waals surface area contributed by atoms with Crippen LogP contribution in [0.1, 0.15) is 11.1 Å². The summed E-state index contributed by atoms with van der Waals surface area (Å²) in [6.07, 6.45) is 0. The third-order valence-electron chi connectivity index (χ3n) is 5.69. The molecule has 0 aromatic heterocycles. The first-order valence-electron chi connectivity index (χ1n) is 12.3. The van der Waals surface area contributed by atoms with Gasteiger partial charge < -0.3 is 18.9 Å². The molecule has 0 atom stereocenters. The van der Waals surface area contributed by atoms with Crippen LogP contribution in [0.15, 0.2) is 72.8 Å². The Bertz CT molecular complexity index is 722. The number of nitrogens with zero attached hydrogens (tertiary/aromatic N) is 2. The highest BCUT2D eigenvalue weighted by Crippen LogP contribution is 2.06. The van der Waals surface area contributed by atoms with Gasteiger partial charge in [-0.3, -0.25) is 9.80 Å². The van der Waals surface area contributed by atoms with Crippen molar-refractivity contribution in [3.63, 3.8) is 0 Å². The summed E-state index contributed by atoms with van der Waals surface area (Å²) >= 11 is 0. The molecule has 6 heteroatoms. The maximum atomic E-state index is 5.89. The molecule has 34 heavy (non-hydrogen) atoms. The highest BCUT2D eigenvalue weighted by Gasteiger charge is 2.09. The summed E-state index contributed by atoms with van der Waals surface area (Å²) in [4.78, 5) is 4.73. The molecule has 0 N–H and O–H groups in total. The molecule has 0 spiro atoms. The van der Waals surface area contributed by atoms with Gasteiger partial charge in [-0.15, -0.1) is 0 Å². The van der Waals surface area contributed by atoms with E-state index in [0.29, 0.717) is 52.9 Å². The summed E-state index contributed by atoms with van der Waals surface area (Å²) < 4.78 is 23.5. The second-order valence-corrected chi connectivity index (χ2v) is 8.60. The van der Waals surface area contributed by atoms with Crippen LogP contribution in [0.3, 0.4) is 0 Å². The average Bonchev–Trinajstić information content (AvgIpc) is 2.86. The summed E-state index contributed by atoms with van der Waals surface area (Å²) in [5, 5.41) is 0. The minimum Gasteiger partial charge on any atom is -0.378 e. The molecule has 0 amide bonds. The van der Waals surface area contributed by atoms with Crippen molar-refractivity contribution in [2.45, 2.75) is 13.1 Å². The van der Waals surface area contributed by atoms with E-state index < -0.39 is 0 Å². The Hall–Kier alpha value is -2.06. The number of hydrogen-bond acceptors (Lipinski definition) is 6. The molecule has 1 aliphatic heterocycles. The van der Waals surface area contributed by atoms with Crippen LogP contribution in [-0.2, 0) is 32.0 Å². The van der Waals surface area contributed by atoms with Crippen LogP contribution in [0.5, 0.6) is 0 Å². The van der Waals surface area contributed by atoms with E-state index in [0.717, 1.165) is 44.8 Å². The molecule has 0 aliphatic carbocycles. The van der Waals surface area contributed by atoms with E-state index in [4.69, 9.17) is 18.9 Å². The van der Waals surface area contributed by atoms with Crippen molar-refractivity contribution in [3.05, 3.63) is 83.9 Å². The summed E-state index contributed by atoms with van der Waals surface area (Å²) in [6.45, 7) is 14.2. The molecular formula is C28H40N2O4. The van der Waals surface area contributed by atoms with Crippen LogP contribution in [-0.4, -0.2) is 88.8 Å². The van der Waals surface area contributed by atoms with E-state index in [1.165, 1.54) is 11.1 Å². The van der Waals surface area contributed by atoms with Gasteiger partial charge in [-0.1, -0.05) is 67.2 Å². The van der Waals surface area contributed by atoms with E-state index >= 15 is 0 Å². The molecule has 2 aromatic carbocycles. The monoisotopic (exact) mass is 468 g/mol. The van der Waals surface area contributed by atoms with Crippen LogP contribution in [0.4, 0.5) is 0 Å². The highest BCUT2D eigenvalue weighted by atomic mass is 16.5. The van der Waals surface area contributed by atoms with Gasteiger partial charge >= 0.3 is 0 Å². The molecule has 1 heterocycles. The zero-order valence-corrected chi connectivity index (χ0v) is 20.4. The highest BCUT2D eigenvalue weighted by molar-refractivity contribution is 5.15. The van der Waals surface area contributed by atoms with Crippen molar-refractivity contribution in [2.75, 3.05) is 79.0 Å². The molecule has 0 unspecified atom stereocenters. The van der Waals surface area contributed by atoms with Crippen molar-refractivity contribution < 1.29 is 18.9 Å². The van der Waals surface area contributed by atoms with E-state index in [-0.39, 0.29) is 0 Å². The van der Waals surface area contributed by atoms with Crippen molar-refractivity contribution in [1.29, 1.82) is 0 Å². The molecule has 1 saturated heterocycles. The van der Waals surface area contributed by atoms with Gasteiger partial charge in [0.1, 0.15) is 0 Å². The second kappa shape index (κ2) is 16.5. The zero-order chi connectivity index (χ0) is 23.7. The lowest BCUT2D eigenvalue weighted by molar-refractivity contribution is 0.0252. The van der Waals surface area contributed by atoms with Gasteiger partial charge in [-0.05, 0) is 16.7 Å². The van der Waals surface area contributed by atoms with Gasteiger partial charge in [0, 0.05) is 39.3 Å². The Morgan fingerprint density at radius 1 is 0.529 bits per heavy atom. The standard InChI is InChI=1S/C28H40N2O4/c1-26-24-33-18-14-29(22-27-8-4-2-5-9-27)12-16-31-20-21-32-17-13-30(15-19-34-25-26)23-28-10-6-3-7-11-28/h2-11H,1,12-25H2. The van der Waals surface area contributed by atoms with Crippen molar-refractivity contribution in [2.24, 2.45) is 0 Å². The third kappa shape index (κ3) is 11.4. The van der Waals surface area contributed by atoms with Crippen molar-refractivity contribution >= 4 is 0 Å². The summed E-state index contributed by atoms with van der Waals surface area (Å²) in [6, 6.07) is 21.0. The zero-order valence-electron chi connectivity index (χ0n) is 20.4. The molecule has 2 aromatic rings. The molecule has 6 nitrogen and oxygen atoms in total. The number of hydrogen-bond donors (Lipinski definition) is 0. The lowest BCUT2D eigenvalue weighted by Crippen LogP contribution is -2.31. The molecular weight excluding hydrogens is 428 g/mol. The number of ether oxygens (including phenoxy) is 4. The van der Waals surface area contributed by atoms with Crippen LogP contribution < -0.4 is 0 Å². The Morgan fingerprint density at radius 3 is 1.32 bits per heavy atom. The molecule has 1 aliphatic rings. The molecule has 186 valence electrons. The molecule has 0 radical (unpaired) electrons. The first-order valence-corrected chi connectivity index (χ1v) is 12.3. The first-order chi connectivity index (χ1) is 16.8. The fourth-order valence-electron chi connectivity index (χ4n) is 3.79. The minimum absolute atomic E-state index is 0.525. The third-order valence-corrected chi connectivity index (χ3v) is 5.69. The van der Waals surface area contributed by atoms with E-state index in [9.17, 15) is 0 Å². The Balaban J connectivity index is 1.47. The van der Waals surface area contributed by atoms with Gasteiger partial charge in [-0.2, -0.15) is 0 Å². The fraction of sp³-hybridized carbons (Fsp3) is 0.500. The summed E-state index contributed by atoms with van der Waals surface area (Å²) in [5.74, 6) is 0. The lowest BCUT2D eigenvalue weighted by Gasteiger charge is -2.22. The average molecular weight is 469 g/mol. The largest absolute Gasteiger partial charge is 0.378 e. The van der Waals surface area contributed by atoms with Gasteiger partial charge in [0.25, 0.3) is 0 Å². The van der Waals surface area contributed by atoms with E-state index in [2.05, 4.69) is 64.9 Å². The summed E-state index contributed by atoms with van der Waals surface area (Å²) in [7, 11) is 0. The predicted molar refractivity (Wildman–Crippen MR) is 136 cm³/mol. The van der Waals surface area contributed by atoms with Crippen molar-refractivity contribution in [3.8, 4) is 0 Å². The van der Waals surface area contributed by atoms with Crippen LogP contribution >= 0.6 is 0 Å². The topological polar surface area (TPSA) is 43.4 Å². The Labute approximate surface area is 205 Å². The lowest BCUT2D eigenvalue weighted by atomic mass is 10.2. The molecule has 3 rings (SSSR count). The minimum atomic E-state index is 0.525. The quantitative estimate of drug-likeness (QED) is 0.639. The van der Waals surface area contributed by atoms with Crippen LogP contribution in [0.25, 0.3) is 0 Å². The van der Waals surface area contributed by atoms with E-state index in [1.54, 1.807) is 0 Å².